The molecule has 0 aliphatic rings. The van der Waals surface area contributed by atoms with Gasteiger partial charge in [0.05, 0.1) is 16.7 Å². The molecular weight excluding hydrogens is 773 g/mol. The third kappa shape index (κ3) is 6.52. The molecule has 0 N–H and O–H groups in total. The maximum atomic E-state index is 2.42. The summed E-state index contributed by atoms with van der Waals surface area (Å²) in [6.45, 7) is 0. The number of aromatic nitrogens is 1. The Bertz CT molecular complexity index is 3470. The summed E-state index contributed by atoms with van der Waals surface area (Å²) in [5.74, 6) is 0. The number of anilines is 3. The van der Waals surface area contributed by atoms with Gasteiger partial charge in [-0.1, -0.05) is 194 Å². The second-order valence-corrected chi connectivity index (χ2v) is 16.5. The van der Waals surface area contributed by atoms with Crippen LogP contribution < -0.4 is 4.90 Å². The standard InChI is InChI=1S/C62H42N2/c1-3-20-53-44(14-1)16-12-25-55(53)46-32-38-51(39-33-46)63(52-40-34-47(35-41-52)56-26-13-17-45-15-2-4-21-54(45)56)50-36-30-43(31-37-50)48-18-11-19-49(42-48)57-22-5-8-27-60(57)64-61-28-9-6-23-58(61)59-24-7-10-29-62(59)64/h1-42H. The van der Waals surface area contributed by atoms with Gasteiger partial charge in [0.1, 0.15) is 0 Å². The van der Waals surface area contributed by atoms with E-state index in [9.17, 15) is 0 Å². The molecule has 12 rings (SSSR count). The molecule has 1 aromatic heterocycles. The molecule has 0 saturated heterocycles. The average Bonchev–Trinajstić information content (AvgIpc) is 3.71. The van der Waals surface area contributed by atoms with Crippen molar-refractivity contribution < 1.29 is 0 Å². The molecule has 0 atom stereocenters. The fourth-order valence-electron chi connectivity index (χ4n) is 9.75. The minimum atomic E-state index is 1.09. The molecule has 2 heteroatoms. The molecule has 0 spiro atoms. The number of benzene rings is 11. The molecule has 0 amide bonds. The molecule has 64 heavy (non-hydrogen) atoms. The number of hydrogen-bond acceptors (Lipinski definition) is 1. The molecule has 1 heterocycles. The molecule has 0 radical (unpaired) electrons. The Morgan fingerprint density at radius 1 is 0.250 bits per heavy atom. The summed E-state index contributed by atoms with van der Waals surface area (Å²) in [4.78, 5) is 2.36. The van der Waals surface area contributed by atoms with E-state index < -0.39 is 0 Å². The fraction of sp³-hybridized carbons (Fsp3) is 0. The van der Waals surface area contributed by atoms with Crippen molar-refractivity contribution in [2.75, 3.05) is 4.90 Å². The summed E-state index contributed by atoms with van der Waals surface area (Å²) in [6.07, 6.45) is 0. The summed E-state index contributed by atoms with van der Waals surface area (Å²) in [5.41, 5.74) is 16.4. The summed E-state index contributed by atoms with van der Waals surface area (Å²) >= 11 is 0. The van der Waals surface area contributed by atoms with Crippen molar-refractivity contribution in [2.24, 2.45) is 0 Å². The summed E-state index contributed by atoms with van der Waals surface area (Å²) in [7, 11) is 0. The van der Waals surface area contributed by atoms with Crippen LogP contribution in [-0.2, 0) is 0 Å². The SMILES string of the molecule is c1cc(-c2ccc(N(c3ccc(-c4cccc5ccccc45)cc3)c3ccc(-c4cccc5ccccc45)cc3)cc2)cc(-c2ccccc2-n2c3ccccc3c3ccccc32)c1. The van der Waals surface area contributed by atoms with Gasteiger partial charge in [0.25, 0.3) is 0 Å². The van der Waals surface area contributed by atoms with Crippen LogP contribution in [-0.4, -0.2) is 4.57 Å². The van der Waals surface area contributed by atoms with E-state index >= 15 is 0 Å². The molecule has 2 nitrogen and oxygen atoms in total. The highest BCUT2D eigenvalue weighted by Gasteiger charge is 2.17. The normalized spacial score (nSPS) is 11.4. The third-order valence-electron chi connectivity index (χ3n) is 12.8. The Hall–Kier alpha value is -8.46. The van der Waals surface area contributed by atoms with Gasteiger partial charge in [-0.15, -0.1) is 0 Å². The molecule has 0 fully saturated rings. The van der Waals surface area contributed by atoms with E-state index in [0.717, 1.165) is 22.6 Å². The van der Waals surface area contributed by atoms with Crippen molar-refractivity contribution in [3.05, 3.63) is 255 Å². The summed E-state index contributed by atoms with van der Waals surface area (Å²) < 4.78 is 2.42. The highest BCUT2D eigenvalue weighted by atomic mass is 15.1. The van der Waals surface area contributed by atoms with Crippen LogP contribution in [0.25, 0.3) is 93.5 Å². The quantitative estimate of drug-likeness (QED) is 0.148. The Morgan fingerprint density at radius 3 is 1.19 bits per heavy atom. The predicted octanol–water partition coefficient (Wildman–Crippen LogP) is 17.2. The number of rotatable bonds is 8. The van der Waals surface area contributed by atoms with Gasteiger partial charge in [-0.25, -0.2) is 0 Å². The van der Waals surface area contributed by atoms with Gasteiger partial charge < -0.3 is 9.47 Å². The molecule has 0 bridgehead atoms. The van der Waals surface area contributed by atoms with Gasteiger partial charge in [0.15, 0.2) is 0 Å². The molecular formula is C62H42N2. The molecule has 0 unspecified atom stereocenters. The first-order valence-electron chi connectivity index (χ1n) is 22.0. The summed E-state index contributed by atoms with van der Waals surface area (Å²) in [6, 6.07) is 92.6. The van der Waals surface area contributed by atoms with Crippen LogP contribution in [0.3, 0.4) is 0 Å². The van der Waals surface area contributed by atoms with E-state index in [1.54, 1.807) is 0 Å². The lowest BCUT2D eigenvalue weighted by atomic mass is 9.97. The van der Waals surface area contributed by atoms with Crippen LogP contribution in [0.5, 0.6) is 0 Å². The number of para-hydroxylation sites is 3. The Morgan fingerprint density at radius 2 is 0.641 bits per heavy atom. The van der Waals surface area contributed by atoms with Crippen molar-refractivity contribution in [2.45, 2.75) is 0 Å². The van der Waals surface area contributed by atoms with E-state index in [2.05, 4.69) is 264 Å². The van der Waals surface area contributed by atoms with Gasteiger partial charge >= 0.3 is 0 Å². The molecule has 12 aromatic rings. The lowest BCUT2D eigenvalue weighted by molar-refractivity contribution is 1.18. The second-order valence-electron chi connectivity index (χ2n) is 16.5. The average molecular weight is 815 g/mol. The summed E-state index contributed by atoms with van der Waals surface area (Å²) in [5, 5.41) is 7.53. The maximum Gasteiger partial charge on any atom is 0.0541 e. The molecule has 11 aromatic carbocycles. The van der Waals surface area contributed by atoms with Crippen LogP contribution >= 0.6 is 0 Å². The number of hydrogen-bond donors (Lipinski definition) is 0. The Balaban J connectivity index is 0.920. The molecule has 300 valence electrons. The van der Waals surface area contributed by atoms with Gasteiger partial charge in [-0.05, 0) is 121 Å². The zero-order chi connectivity index (χ0) is 42.4. The third-order valence-corrected chi connectivity index (χ3v) is 12.8. The van der Waals surface area contributed by atoms with Crippen molar-refractivity contribution in [1.29, 1.82) is 0 Å². The largest absolute Gasteiger partial charge is 0.311 e. The first-order chi connectivity index (χ1) is 31.7. The van der Waals surface area contributed by atoms with Crippen LogP contribution in [0.1, 0.15) is 0 Å². The van der Waals surface area contributed by atoms with Crippen molar-refractivity contribution in [3.8, 4) is 50.2 Å². The first kappa shape index (κ1) is 37.3. The van der Waals surface area contributed by atoms with E-state index in [1.165, 1.54) is 88.0 Å². The van der Waals surface area contributed by atoms with Crippen LogP contribution in [0.4, 0.5) is 17.1 Å². The fourth-order valence-corrected chi connectivity index (χ4v) is 9.75. The van der Waals surface area contributed by atoms with Gasteiger partial charge in [-0.3, -0.25) is 0 Å². The van der Waals surface area contributed by atoms with E-state index in [0.29, 0.717) is 0 Å². The van der Waals surface area contributed by atoms with Crippen molar-refractivity contribution in [1.82, 2.24) is 4.57 Å². The van der Waals surface area contributed by atoms with Gasteiger partial charge in [0, 0.05) is 33.4 Å². The minimum absolute atomic E-state index is 1.09. The number of fused-ring (bicyclic) bond motifs is 5. The minimum Gasteiger partial charge on any atom is -0.311 e. The molecule has 0 aliphatic carbocycles. The molecule has 0 aliphatic heterocycles. The van der Waals surface area contributed by atoms with Crippen LogP contribution in [0, 0.1) is 0 Å². The Kier molecular flexibility index (Phi) is 9.20. The lowest BCUT2D eigenvalue weighted by Gasteiger charge is -2.26. The zero-order valence-electron chi connectivity index (χ0n) is 35.1. The predicted molar refractivity (Wildman–Crippen MR) is 272 cm³/mol. The molecule has 0 saturated carbocycles. The van der Waals surface area contributed by atoms with Crippen LogP contribution in [0.2, 0.25) is 0 Å². The first-order valence-corrected chi connectivity index (χ1v) is 22.0. The van der Waals surface area contributed by atoms with Crippen LogP contribution in [0.15, 0.2) is 255 Å². The smallest absolute Gasteiger partial charge is 0.0541 e. The lowest BCUT2D eigenvalue weighted by Crippen LogP contribution is -2.09. The maximum absolute atomic E-state index is 2.42. The van der Waals surface area contributed by atoms with Crippen molar-refractivity contribution in [3.63, 3.8) is 0 Å². The van der Waals surface area contributed by atoms with E-state index in [1.807, 2.05) is 0 Å². The topological polar surface area (TPSA) is 8.17 Å². The zero-order valence-corrected chi connectivity index (χ0v) is 35.1. The Labute approximate surface area is 373 Å². The van der Waals surface area contributed by atoms with E-state index in [4.69, 9.17) is 0 Å². The monoisotopic (exact) mass is 814 g/mol. The number of nitrogens with zero attached hydrogens (tertiary/aromatic N) is 2. The van der Waals surface area contributed by atoms with Gasteiger partial charge in [0.2, 0.25) is 0 Å². The second kappa shape index (κ2) is 15.8. The van der Waals surface area contributed by atoms with Gasteiger partial charge in [-0.2, -0.15) is 0 Å². The van der Waals surface area contributed by atoms with E-state index in [-0.39, 0.29) is 0 Å². The highest BCUT2D eigenvalue weighted by Crippen LogP contribution is 2.41. The van der Waals surface area contributed by atoms with Crippen molar-refractivity contribution >= 4 is 60.4 Å². The highest BCUT2D eigenvalue weighted by molar-refractivity contribution is 6.10.